The van der Waals surface area contributed by atoms with Gasteiger partial charge in [-0.15, -0.1) is 0 Å². The van der Waals surface area contributed by atoms with Crippen molar-refractivity contribution in [2.75, 3.05) is 13.2 Å². The van der Waals surface area contributed by atoms with Crippen molar-refractivity contribution in [1.82, 2.24) is 4.90 Å². The Bertz CT molecular complexity index is 298. The first-order valence-corrected chi connectivity index (χ1v) is 7.97. The van der Waals surface area contributed by atoms with E-state index >= 15 is 0 Å². The summed E-state index contributed by atoms with van der Waals surface area (Å²) in [5.41, 5.74) is -0.117. The van der Waals surface area contributed by atoms with Gasteiger partial charge in [-0.1, -0.05) is 33.6 Å². The van der Waals surface area contributed by atoms with Crippen molar-refractivity contribution in [2.45, 2.75) is 78.7 Å². The third-order valence-electron chi connectivity index (χ3n) is 4.10. The van der Waals surface area contributed by atoms with E-state index in [-0.39, 0.29) is 17.9 Å². The molecule has 0 aromatic rings. The van der Waals surface area contributed by atoms with Gasteiger partial charge in [-0.2, -0.15) is 0 Å². The molecule has 118 valence electrons. The molecule has 0 aromatic carbocycles. The van der Waals surface area contributed by atoms with Crippen LogP contribution in [0.5, 0.6) is 0 Å². The number of carbonyl (C=O) groups is 2. The zero-order valence-electron chi connectivity index (χ0n) is 13.8. The molecule has 0 fully saturated rings. The quantitative estimate of drug-likeness (QED) is 0.455. The molecule has 20 heavy (non-hydrogen) atoms. The molecule has 0 saturated heterocycles. The van der Waals surface area contributed by atoms with Gasteiger partial charge in [-0.25, -0.2) is 0 Å². The fourth-order valence-electron chi connectivity index (χ4n) is 2.83. The van der Waals surface area contributed by atoms with Gasteiger partial charge in [0.05, 0.1) is 6.61 Å². The molecule has 0 N–H and O–H groups in total. The molecule has 0 aromatic heterocycles. The van der Waals surface area contributed by atoms with E-state index in [0.717, 1.165) is 32.1 Å². The highest BCUT2D eigenvalue weighted by Crippen LogP contribution is 2.30. The van der Waals surface area contributed by atoms with Gasteiger partial charge in [0.2, 0.25) is 5.91 Å². The Labute approximate surface area is 123 Å². The molecule has 0 atom stereocenters. The number of rotatable bonds is 10. The van der Waals surface area contributed by atoms with Crippen molar-refractivity contribution in [3.63, 3.8) is 0 Å². The zero-order valence-corrected chi connectivity index (χ0v) is 13.8. The lowest BCUT2D eigenvalue weighted by molar-refractivity contribution is -0.151. The fraction of sp³-hybridized carbons (Fsp3) is 0.875. The predicted octanol–water partition coefficient (Wildman–Crippen LogP) is 3.54. The van der Waals surface area contributed by atoms with E-state index in [1.54, 1.807) is 6.92 Å². The number of ether oxygens (including phenoxy) is 1. The molecule has 0 rings (SSSR count). The Morgan fingerprint density at radius 1 is 1.05 bits per heavy atom. The predicted molar refractivity (Wildman–Crippen MR) is 81.5 cm³/mol. The highest BCUT2D eigenvalue weighted by Gasteiger charge is 2.35. The van der Waals surface area contributed by atoms with Crippen LogP contribution in [-0.4, -0.2) is 35.5 Å². The first-order chi connectivity index (χ1) is 9.51. The lowest BCUT2D eigenvalue weighted by Crippen LogP contribution is -2.51. The summed E-state index contributed by atoms with van der Waals surface area (Å²) in [4.78, 5) is 25.8. The van der Waals surface area contributed by atoms with Crippen LogP contribution in [0.25, 0.3) is 0 Å². The highest BCUT2D eigenvalue weighted by atomic mass is 16.5. The smallest absolute Gasteiger partial charge is 0.315 e. The van der Waals surface area contributed by atoms with Gasteiger partial charge in [-0.3, -0.25) is 9.59 Å². The highest BCUT2D eigenvalue weighted by molar-refractivity contribution is 5.94. The minimum atomic E-state index is -0.424. The Hall–Kier alpha value is -1.06. The number of hydrogen-bond donors (Lipinski definition) is 0. The number of esters is 1. The average molecular weight is 285 g/mol. The molecule has 0 unspecified atom stereocenters. The first-order valence-electron chi connectivity index (χ1n) is 7.97. The van der Waals surface area contributed by atoms with E-state index in [4.69, 9.17) is 4.74 Å². The molecule has 4 heteroatoms. The summed E-state index contributed by atoms with van der Waals surface area (Å²) in [6.07, 6.45) is 4.92. The summed E-state index contributed by atoms with van der Waals surface area (Å²) in [6.45, 7) is 11.1. The summed E-state index contributed by atoms with van der Waals surface area (Å²) in [6, 6.07) is 0. The monoisotopic (exact) mass is 285 g/mol. The number of nitrogens with zero attached hydrogens (tertiary/aromatic N) is 1. The van der Waals surface area contributed by atoms with Crippen molar-refractivity contribution in [3.8, 4) is 0 Å². The van der Waals surface area contributed by atoms with Crippen LogP contribution in [-0.2, 0) is 14.3 Å². The van der Waals surface area contributed by atoms with Crippen molar-refractivity contribution in [1.29, 1.82) is 0 Å². The summed E-state index contributed by atoms with van der Waals surface area (Å²) < 4.78 is 4.88. The summed E-state index contributed by atoms with van der Waals surface area (Å²) in [7, 11) is 0. The molecule has 0 aliphatic heterocycles. The second-order valence-electron chi connectivity index (χ2n) is 5.15. The van der Waals surface area contributed by atoms with Crippen molar-refractivity contribution < 1.29 is 14.3 Å². The standard InChI is InChI=1S/C16H31NO3/c1-6-11-12-16(7-2,8-3)17(9-4)14(18)13-15(19)20-10-5/h6-13H2,1-5H3. The van der Waals surface area contributed by atoms with Crippen LogP contribution in [0.1, 0.15) is 73.1 Å². The SMILES string of the molecule is CCCCC(CC)(CC)N(CC)C(=O)CC(=O)OCC. The van der Waals surface area contributed by atoms with Gasteiger partial charge in [0.15, 0.2) is 0 Å². The van der Waals surface area contributed by atoms with E-state index in [2.05, 4.69) is 20.8 Å². The Morgan fingerprint density at radius 2 is 1.65 bits per heavy atom. The number of hydrogen-bond acceptors (Lipinski definition) is 3. The van der Waals surface area contributed by atoms with Gasteiger partial charge < -0.3 is 9.64 Å². The second kappa shape index (κ2) is 9.78. The van der Waals surface area contributed by atoms with Crippen LogP contribution in [0.15, 0.2) is 0 Å². The normalized spacial score (nSPS) is 11.2. The average Bonchev–Trinajstić information content (AvgIpc) is 2.43. The molecular formula is C16H31NO3. The molecule has 0 bridgehead atoms. The third kappa shape index (κ3) is 5.14. The zero-order chi connectivity index (χ0) is 15.6. The Balaban J connectivity index is 4.97. The molecule has 0 heterocycles. The summed E-state index contributed by atoms with van der Waals surface area (Å²) in [5.74, 6) is -0.529. The first kappa shape index (κ1) is 18.9. The van der Waals surface area contributed by atoms with Crippen molar-refractivity contribution in [3.05, 3.63) is 0 Å². The maximum atomic E-state index is 12.4. The van der Waals surface area contributed by atoms with E-state index in [1.165, 1.54) is 0 Å². The molecule has 0 spiro atoms. The Kier molecular flexibility index (Phi) is 9.26. The maximum Gasteiger partial charge on any atom is 0.315 e. The van der Waals surface area contributed by atoms with Crippen LogP contribution in [0.4, 0.5) is 0 Å². The van der Waals surface area contributed by atoms with Crippen LogP contribution < -0.4 is 0 Å². The van der Waals surface area contributed by atoms with Gasteiger partial charge in [0.25, 0.3) is 0 Å². The molecular weight excluding hydrogens is 254 g/mol. The summed E-state index contributed by atoms with van der Waals surface area (Å²) >= 11 is 0. The fourth-order valence-corrected chi connectivity index (χ4v) is 2.83. The second-order valence-corrected chi connectivity index (χ2v) is 5.15. The van der Waals surface area contributed by atoms with Gasteiger partial charge in [0, 0.05) is 12.1 Å². The van der Waals surface area contributed by atoms with E-state index < -0.39 is 5.97 Å². The molecule has 4 nitrogen and oxygen atoms in total. The topological polar surface area (TPSA) is 46.6 Å². The molecule has 0 saturated carbocycles. The maximum absolute atomic E-state index is 12.4. The Morgan fingerprint density at radius 3 is 2.05 bits per heavy atom. The minimum absolute atomic E-state index is 0.106. The van der Waals surface area contributed by atoms with Crippen LogP contribution in [0, 0.1) is 0 Å². The minimum Gasteiger partial charge on any atom is -0.466 e. The molecule has 0 radical (unpaired) electrons. The van der Waals surface area contributed by atoms with Gasteiger partial charge >= 0.3 is 5.97 Å². The molecule has 1 amide bonds. The van der Waals surface area contributed by atoms with Crippen LogP contribution in [0.3, 0.4) is 0 Å². The van der Waals surface area contributed by atoms with Crippen LogP contribution in [0.2, 0.25) is 0 Å². The number of amides is 1. The van der Waals surface area contributed by atoms with Gasteiger partial charge in [-0.05, 0) is 33.1 Å². The third-order valence-corrected chi connectivity index (χ3v) is 4.10. The molecule has 0 aliphatic rings. The number of carbonyl (C=O) groups excluding carboxylic acids is 2. The molecule has 0 aliphatic carbocycles. The van der Waals surface area contributed by atoms with E-state index in [0.29, 0.717) is 13.2 Å². The van der Waals surface area contributed by atoms with E-state index in [1.807, 2.05) is 11.8 Å². The van der Waals surface area contributed by atoms with Crippen LogP contribution >= 0.6 is 0 Å². The largest absolute Gasteiger partial charge is 0.466 e. The number of unbranched alkanes of at least 4 members (excludes halogenated alkanes) is 1. The summed E-state index contributed by atoms with van der Waals surface area (Å²) in [5, 5.41) is 0. The van der Waals surface area contributed by atoms with Crippen molar-refractivity contribution >= 4 is 11.9 Å². The van der Waals surface area contributed by atoms with Crippen molar-refractivity contribution in [2.24, 2.45) is 0 Å². The van der Waals surface area contributed by atoms with E-state index in [9.17, 15) is 9.59 Å². The lowest BCUT2D eigenvalue weighted by atomic mass is 9.84. The lowest BCUT2D eigenvalue weighted by Gasteiger charge is -2.43. The van der Waals surface area contributed by atoms with Gasteiger partial charge in [0.1, 0.15) is 6.42 Å².